The van der Waals surface area contributed by atoms with E-state index >= 15 is 0 Å². The van der Waals surface area contributed by atoms with Crippen LogP contribution in [0, 0.1) is 6.92 Å². The van der Waals surface area contributed by atoms with Crippen LogP contribution < -0.4 is 0 Å². The second kappa shape index (κ2) is 7.07. The van der Waals surface area contributed by atoms with Crippen LogP contribution in [0.2, 0.25) is 0 Å². The van der Waals surface area contributed by atoms with Crippen molar-refractivity contribution in [3.05, 3.63) is 70.9 Å². The summed E-state index contributed by atoms with van der Waals surface area (Å²) in [6, 6.07) is 11.7. The molecule has 0 saturated heterocycles. The number of oxazole rings is 1. The van der Waals surface area contributed by atoms with Gasteiger partial charge in [0.15, 0.2) is 0 Å². The first-order valence-electron chi connectivity index (χ1n) is 7.10. The Labute approximate surface area is 138 Å². The summed E-state index contributed by atoms with van der Waals surface area (Å²) in [6.45, 7) is 2.09. The normalized spacial score (nSPS) is 11.0. The molecular formula is C18H15NO3S. The maximum atomic E-state index is 11.7. The molecule has 0 aliphatic heterocycles. The Morgan fingerprint density at radius 1 is 1.35 bits per heavy atom. The third-order valence-electron chi connectivity index (χ3n) is 3.10. The van der Waals surface area contributed by atoms with Crippen LogP contribution in [0.4, 0.5) is 0 Å². The van der Waals surface area contributed by atoms with Gasteiger partial charge in [-0.3, -0.25) is 0 Å². The van der Waals surface area contributed by atoms with Gasteiger partial charge in [0.05, 0.1) is 4.88 Å². The average Bonchev–Trinajstić information content (AvgIpc) is 3.22. The minimum absolute atomic E-state index is 0.0892. The molecule has 4 nitrogen and oxygen atoms in total. The van der Waals surface area contributed by atoms with Crippen LogP contribution >= 0.6 is 11.3 Å². The molecule has 0 radical (unpaired) electrons. The number of hydrogen-bond donors (Lipinski definition) is 0. The van der Waals surface area contributed by atoms with E-state index in [9.17, 15) is 4.79 Å². The van der Waals surface area contributed by atoms with Gasteiger partial charge in [-0.25, -0.2) is 9.78 Å². The van der Waals surface area contributed by atoms with E-state index in [1.54, 1.807) is 17.4 Å². The Bertz CT molecular complexity index is 818. The van der Waals surface area contributed by atoms with Crippen LogP contribution in [-0.2, 0) is 16.1 Å². The van der Waals surface area contributed by atoms with Gasteiger partial charge in [-0.15, -0.1) is 11.3 Å². The van der Waals surface area contributed by atoms with Gasteiger partial charge in [0, 0.05) is 6.08 Å². The van der Waals surface area contributed by atoms with Crippen LogP contribution in [-0.4, -0.2) is 11.0 Å². The lowest BCUT2D eigenvalue weighted by atomic mass is 10.1. The second-order valence-electron chi connectivity index (χ2n) is 4.98. The van der Waals surface area contributed by atoms with E-state index in [-0.39, 0.29) is 6.61 Å². The standard InChI is InChI=1S/C18H15NO3S/c1-13-4-2-5-14(10-13)7-8-17(20)21-11-15-12-22-18(19-15)16-6-3-9-23-16/h2-10,12H,11H2,1H3/b8-7+. The van der Waals surface area contributed by atoms with E-state index < -0.39 is 5.97 Å². The van der Waals surface area contributed by atoms with E-state index in [0.29, 0.717) is 11.6 Å². The Morgan fingerprint density at radius 2 is 2.26 bits per heavy atom. The second-order valence-corrected chi connectivity index (χ2v) is 5.92. The summed E-state index contributed by atoms with van der Waals surface area (Å²) in [5, 5.41) is 1.95. The smallest absolute Gasteiger partial charge is 0.331 e. The molecule has 0 spiro atoms. The molecule has 3 rings (SSSR count). The Hall–Kier alpha value is -2.66. The van der Waals surface area contributed by atoms with Crippen LogP contribution in [0.5, 0.6) is 0 Å². The molecule has 0 fully saturated rings. The van der Waals surface area contributed by atoms with Crippen LogP contribution in [0.25, 0.3) is 16.8 Å². The van der Waals surface area contributed by atoms with E-state index in [0.717, 1.165) is 16.0 Å². The third kappa shape index (κ3) is 4.17. The molecule has 0 aliphatic rings. The van der Waals surface area contributed by atoms with Gasteiger partial charge in [-0.05, 0) is 30.0 Å². The largest absolute Gasteiger partial charge is 0.456 e. The molecule has 23 heavy (non-hydrogen) atoms. The molecular weight excluding hydrogens is 310 g/mol. The summed E-state index contributed by atoms with van der Waals surface area (Å²) >= 11 is 1.55. The molecule has 3 aromatic rings. The molecule has 0 unspecified atom stereocenters. The van der Waals surface area contributed by atoms with E-state index in [1.807, 2.05) is 48.7 Å². The first-order valence-corrected chi connectivity index (χ1v) is 7.98. The Balaban J connectivity index is 1.55. The highest BCUT2D eigenvalue weighted by molar-refractivity contribution is 7.13. The fourth-order valence-electron chi connectivity index (χ4n) is 2.02. The first kappa shape index (κ1) is 15.2. The van der Waals surface area contributed by atoms with Crippen LogP contribution in [0.1, 0.15) is 16.8 Å². The number of aryl methyl sites for hydroxylation is 1. The van der Waals surface area contributed by atoms with Crippen LogP contribution in [0.3, 0.4) is 0 Å². The van der Waals surface area contributed by atoms with Crippen molar-refractivity contribution in [2.24, 2.45) is 0 Å². The number of carbonyl (C=O) groups excluding carboxylic acids is 1. The van der Waals surface area contributed by atoms with Crippen molar-refractivity contribution in [1.29, 1.82) is 0 Å². The fraction of sp³-hybridized carbons (Fsp3) is 0.111. The summed E-state index contributed by atoms with van der Waals surface area (Å²) in [5.41, 5.74) is 2.69. The predicted molar refractivity (Wildman–Crippen MR) is 89.8 cm³/mol. The highest BCUT2D eigenvalue weighted by Crippen LogP contribution is 2.23. The van der Waals surface area contributed by atoms with Gasteiger partial charge in [0.1, 0.15) is 18.6 Å². The van der Waals surface area contributed by atoms with Crippen molar-refractivity contribution in [2.75, 3.05) is 0 Å². The highest BCUT2D eigenvalue weighted by Gasteiger charge is 2.08. The van der Waals surface area contributed by atoms with Gasteiger partial charge in [0.25, 0.3) is 0 Å². The summed E-state index contributed by atoms with van der Waals surface area (Å²) in [5.74, 6) is 0.133. The lowest BCUT2D eigenvalue weighted by molar-refractivity contribution is -0.139. The van der Waals surface area contributed by atoms with E-state index in [1.165, 1.54) is 12.3 Å². The summed E-state index contributed by atoms with van der Waals surface area (Å²) in [4.78, 5) is 17.0. The van der Waals surface area contributed by atoms with Crippen molar-refractivity contribution in [3.63, 3.8) is 0 Å². The van der Waals surface area contributed by atoms with Gasteiger partial charge in [0.2, 0.25) is 5.89 Å². The molecule has 0 saturated carbocycles. The van der Waals surface area contributed by atoms with Crippen molar-refractivity contribution < 1.29 is 13.9 Å². The van der Waals surface area contributed by atoms with Crippen LogP contribution in [0.15, 0.2) is 58.5 Å². The van der Waals surface area contributed by atoms with Crippen molar-refractivity contribution >= 4 is 23.4 Å². The molecule has 0 bridgehead atoms. The molecule has 1 aromatic carbocycles. The lowest BCUT2D eigenvalue weighted by Gasteiger charge is -1.98. The number of ether oxygens (including phenoxy) is 1. The maximum absolute atomic E-state index is 11.7. The molecule has 2 heterocycles. The number of thiophene rings is 1. The minimum atomic E-state index is -0.410. The lowest BCUT2D eigenvalue weighted by Crippen LogP contribution is -2.00. The molecule has 0 atom stereocenters. The van der Waals surface area contributed by atoms with E-state index in [4.69, 9.17) is 9.15 Å². The van der Waals surface area contributed by atoms with Gasteiger partial charge in [-0.1, -0.05) is 35.9 Å². The molecule has 0 amide bonds. The summed E-state index contributed by atoms with van der Waals surface area (Å²) in [7, 11) is 0. The quantitative estimate of drug-likeness (QED) is 0.513. The zero-order valence-electron chi connectivity index (χ0n) is 12.6. The van der Waals surface area contributed by atoms with Gasteiger partial charge < -0.3 is 9.15 Å². The summed E-state index contributed by atoms with van der Waals surface area (Å²) in [6.07, 6.45) is 4.65. The maximum Gasteiger partial charge on any atom is 0.331 e. The van der Waals surface area contributed by atoms with E-state index in [2.05, 4.69) is 4.98 Å². The third-order valence-corrected chi connectivity index (χ3v) is 3.96. The molecule has 2 aromatic heterocycles. The minimum Gasteiger partial charge on any atom is -0.456 e. The monoisotopic (exact) mass is 325 g/mol. The number of esters is 1. The number of carbonyl (C=O) groups is 1. The molecule has 0 aliphatic carbocycles. The SMILES string of the molecule is Cc1cccc(/C=C/C(=O)OCc2coc(-c3cccs3)n2)c1. The molecule has 0 N–H and O–H groups in total. The number of benzene rings is 1. The van der Waals surface area contributed by atoms with Crippen molar-refractivity contribution in [1.82, 2.24) is 4.98 Å². The van der Waals surface area contributed by atoms with Gasteiger partial charge >= 0.3 is 5.97 Å². The average molecular weight is 325 g/mol. The van der Waals surface area contributed by atoms with Gasteiger partial charge in [-0.2, -0.15) is 0 Å². The number of nitrogens with zero attached hydrogens (tertiary/aromatic N) is 1. The van der Waals surface area contributed by atoms with Crippen molar-refractivity contribution in [3.8, 4) is 10.8 Å². The predicted octanol–water partition coefficient (Wildman–Crippen LogP) is 4.47. The fourth-order valence-corrected chi connectivity index (χ4v) is 2.67. The van der Waals surface area contributed by atoms with Crippen molar-refractivity contribution in [2.45, 2.75) is 13.5 Å². The number of hydrogen-bond acceptors (Lipinski definition) is 5. The molecule has 116 valence electrons. The summed E-state index contributed by atoms with van der Waals surface area (Å²) < 4.78 is 10.5. The zero-order chi connectivity index (χ0) is 16.1. The zero-order valence-corrected chi connectivity index (χ0v) is 13.4. The highest BCUT2D eigenvalue weighted by atomic mass is 32.1. The Kier molecular flexibility index (Phi) is 4.68. The first-order chi connectivity index (χ1) is 11.2. The molecule has 5 heteroatoms. The number of rotatable bonds is 5. The topological polar surface area (TPSA) is 52.3 Å². The number of aromatic nitrogens is 1. The Morgan fingerprint density at radius 3 is 3.04 bits per heavy atom.